The summed E-state index contributed by atoms with van der Waals surface area (Å²) in [6, 6.07) is 11.4. The SMILES string of the molecule is CCN1C(=O)COc2ccc(-c3csc(NC(=O)COc4cccc(C)c4C)n3)cc21. The van der Waals surface area contributed by atoms with Crippen LogP contribution in [0.2, 0.25) is 0 Å². The molecule has 0 spiro atoms. The number of rotatable bonds is 6. The number of amides is 2. The molecular weight excluding hydrogens is 414 g/mol. The Kier molecular flexibility index (Phi) is 5.90. The van der Waals surface area contributed by atoms with Gasteiger partial charge in [0.25, 0.3) is 11.8 Å². The van der Waals surface area contributed by atoms with E-state index >= 15 is 0 Å². The number of thiazole rings is 1. The average molecular weight is 438 g/mol. The lowest BCUT2D eigenvalue weighted by atomic mass is 10.1. The van der Waals surface area contributed by atoms with Crippen molar-refractivity contribution in [3.63, 3.8) is 0 Å². The van der Waals surface area contributed by atoms with Crippen LogP contribution in [0, 0.1) is 13.8 Å². The summed E-state index contributed by atoms with van der Waals surface area (Å²) in [6.07, 6.45) is 0. The van der Waals surface area contributed by atoms with E-state index in [-0.39, 0.29) is 25.0 Å². The molecule has 7 nitrogen and oxygen atoms in total. The normalized spacial score (nSPS) is 12.9. The van der Waals surface area contributed by atoms with Crippen molar-refractivity contribution in [1.82, 2.24) is 4.98 Å². The molecule has 0 radical (unpaired) electrons. The van der Waals surface area contributed by atoms with Crippen LogP contribution in [0.5, 0.6) is 11.5 Å². The maximum Gasteiger partial charge on any atom is 0.265 e. The highest BCUT2D eigenvalue weighted by atomic mass is 32.1. The van der Waals surface area contributed by atoms with Crippen LogP contribution in [-0.2, 0) is 9.59 Å². The molecule has 0 fully saturated rings. The van der Waals surface area contributed by atoms with Crippen molar-refractivity contribution >= 4 is 34.0 Å². The van der Waals surface area contributed by atoms with Crippen LogP contribution in [-0.4, -0.2) is 36.6 Å². The summed E-state index contributed by atoms with van der Waals surface area (Å²) >= 11 is 1.33. The first-order valence-electron chi connectivity index (χ1n) is 9.98. The number of likely N-dealkylation sites (N-methyl/N-ethyl adjacent to an activating group) is 1. The van der Waals surface area contributed by atoms with E-state index in [1.54, 1.807) is 4.90 Å². The lowest BCUT2D eigenvalue weighted by Gasteiger charge is -2.28. The van der Waals surface area contributed by atoms with Gasteiger partial charge in [-0.3, -0.25) is 14.9 Å². The Morgan fingerprint density at radius 2 is 2.13 bits per heavy atom. The van der Waals surface area contributed by atoms with Gasteiger partial charge in [0.1, 0.15) is 11.5 Å². The maximum atomic E-state index is 12.3. The van der Waals surface area contributed by atoms with Crippen LogP contribution in [0.3, 0.4) is 0 Å². The Morgan fingerprint density at radius 3 is 2.94 bits per heavy atom. The molecule has 1 aromatic heterocycles. The lowest BCUT2D eigenvalue weighted by Crippen LogP contribution is -2.38. The molecule has 2 amide bonds. The van der Waals surface area contributed by atoms with Gasteiger partial charge in [0, 0.05) is 17.5 Å². The third kappa shape index (κ3) is 4.39. The zero-order valence-electron chi connectivity index (χ0n) is 17.6. The molecule has 8 heteroatoms. The minimum Gasteiger partial charge on any atom is -0.483 e. The summed E-state index contributed by atoms with van der Waals surface area (Å²) < 4.78 is 11.2. The molecule has 0 saturated heterocycles. The van der Waals surface area contributed by atoms with E-state index in [1.165, 1.54) is 11.3 Å². The number of nitrogens with one attached hydrogen (secondary N) is 1. The third-order valence-corrected chi connectivity index (χ3v) is 5.94. The van der Waals surface area contributed by atoms with Gasteiger partial charge in [-0.15, -0.1) is 11.3 Å². The van der Waals surface area contributed by atoms with Gasteiger partial charge >= 0.3 is 0 Å². The Hall–Kier alpha value is -3.39. The average Bonchev–Trinajstić information content (AvgIpc) is 3.22. The number of aryl methyl sites for hydroxylation is 1. The fraction of sp³-hybridized carbons (Fsp3) is 0.261. The molecule has 31 heavy (non-hydrogen) atoms. The highest BCUT2D eigenvalue weighted by Gasteiger charge is 2.24. The van der Waals surface area contributed by atoms with Crippen LogP contribution in [0.25, 0.3) is 11.3 Å². The molecular formula is C23H23N3O4S. The lowest BCUT2D eigenvalue weighted by molar-refractivity contribution is -0.121. The first-order chi connectivity index (χ1) is 15.0. The van der Waals surface area contributed by atoms with Crippen molar-refractivity contribution in [2.24, 2.45) is 0 Å². The number of carbonyl (C=O) groups excluding carboxylic acids is 2. The van der Waals surface area contributed by atoms with Crippen molar-refractivity contribution in [2.45, 2.75) is 20.8 Å². The van der Waals surface area contributed by atoms with Gasteiger partial charge in [0.15, 0.2) is 18.3 Å². The number of aromatic nitrogens is 1. The van der Waals surface area contributed by atoms with Crippen molar-refractivity contribution in [3.05, 3.63) is 52.9 Å². The zero-order chi connectivity index (χ0) is 22.0. The summed E-state index contributed by atoms with van der Waals surface area (Å²) in [4.78, 5) is 30.6. The third-order valence-electron chi connectivity index (χ3n) is 5.18. The summed E-state index contributed by atoms with van der Waals surface area (Å²) in [6.45, 7) is 6.42. The number of benzene rings is 2. The number of carbonyl (C=O) groups is 2. The second kappa shape index (κ2) is 8.77. The van der Waals surface area contributed by atoms with Gasteiger partial charge < -0.3 is 14.4 Å². The van der Waals surface area contributed by atoms with Crippen molar-refractivity contribution in [3.8, 4) is 22.8 Å². The fourth-order valence-electron chi connectivity index (χ4n) is 3.35. The van der Waals surface area contributed by atoms with E-state index in [2.05, 4.69) is 10.3 Å². The number of anilines is 2. The van der Waals surface area contributed by atoms with Crippen LogP contribution in [0.4, 0.5) is 10.8 Å². The number of hydrogen-bond donors (Lipinski definition) is 1. The standard InChI is InChI=1S/C23H23N3O4S/c1-4-26-18-10-16(8-9-20(18)30-12-22(26)28)17-13-31-23(24-17)25-21(27)11-29-19-7-5-6-14(2)15(19)3/h5-10,13H,4,11-12H2,1-3H3,(H,24,25,27). The van der Waals surface area contributed by atoms with E-state index < -0.39 is 0 Å². The summed E-state index contributed by atoms with van der Waals surface area (Å²) in [5, 5.41) is 5.13. The molecule has 0 atom stereocenters. The van der Waals surface area contributed by atoms with E-state index in [0.717, 1.165) is 22.4 Å². The molecule has 4 rings (SSSR count). The maximum absolute atomic E-state index is 12.3. The smallest absolute Gasteiger partial charge is 0.265 e. The van der Waals surface area contributed by atoms with Crippen molar-refractivity contribution in [1.29, 1.82) is 0 Å². The molecule has 3 aromatic rings. The molecule has 0 aliphatic carbocycles. The van der Waals surface area contributed by atoms with Gasteiger partial charge in [-0.1, -0.05) is 12.1 Å². The predicted octanol–water partition coefficient (Wildman–Crippen LogP) is 4.19. The van der Waals surface area contributed by atoms with Crippen LogP contribution in [0.15, 0.2) is 41.8 Å². The van der Waals surface area contributed by atoms with Gasteiger partial charge in [-0.05, 0) is 56.2 Å². The molecule has 0 bridgehead atoms. The minimum absolute atomic E-state index is 0.0528. The molecule has 0 saturated carbocycles. The predicted molar refractivity (Wildman–Crippen MR) is 121 cm³/mol. The van der Waals surface area contributed by atoms with E-state index in [1.807, 2.05) is 62.5 Å². The Bertz CT molecular complexity index is 1140. The number of ether oxygens (including phenoxy) is 2. The van der Waals surface area contributed by atoms with E-state index in [9.17, 15) is 9.59 Å². The van der Waals surface area contributed by atoms with Gasteiger partial charge in [-0.2, -0.15) is 0 Å². The highest BCUT2D eigenvalue weighted by Crippen LogP contribution is 2.36. The Morgan fingerprint density at radius 1 is 1.29 bits per heavy atom. The van der Waals surface area contributed by atoms with Crippen LogP contribution < -0.4 is 19.7 Å². The van der Waals surface area contributed by atoms with Gasteiger partial charge in [0.2, 0.25) is 0 Å². The Balaban J connectivity index is 1.44. The number of fused-ring (bicyclic) bond motifs is 1. The zero-order valence-corrected chi connectivity index (χ0v) is 18.4. The van der Waals surface area contributed by atoms with E-state index in [4.69, 9.17) is 9.47 Å². The Labute approximate surface area is 184 Å². The molecule has 0 unspecified atom stereocenters. The summed E-state index contributed by atoms with van der Waals surface area (Å²) in [7, 11) is 0. The quantitative estimate of drug-likeness (QED) is 0.625. The molecule has 2 heterocycles. The largest absolute Gasteiger partial charge is 0.483 e. The summed E-state index contributed by atoms with van der Waals surface area (Å²) in [5.74, 6) is 1.03. The van der Waals surface area contributed by atoms with Crippen molar-refractivity contribution < 1.29 is 19.1 Å². The second-order valence-electron chi connectivity index (χ2n) is 7.18. The van der Waals surface area contributed by atoms with Crippen molar-refractivity contribution in [2.75, 3.05) is 30.0 Å². The highest BCUT2D eigenvalue weighted by molar-refractivity contribution is 7.14. The monoisotopic (exact) mass is 437 g/mol. The van der Waals surface area contributed by atoms with E-state index in [0.29, 0.717) is 28.9 Å². The molecule has 1 aliphatic heterocycles. The fourth-order valence-corrected chi connectivity index (χ4v) is 4.09. The van der Waals surface area contributed by atoms with Gasteiger partial charge in [-0.25, -0.2) is 4.98 Å². The molecule has 2 aromatic carbocycles. The summed E-state index contributed by atoms with van der Waals surface area (Å²) in [5.41, 5.74) is 4.42. The topological polar surface area (TPSA) is 80.8 Å². The molecule has 1 N–H and O–H groups in total. The molecule has 160 valence electrons. The minimum atomic E-state index is -0.275. The first kappa shape index (κ1) is 20.9. The number of nitrogens with zero attached hydrogens (tertiary/aromatic N) is 2. The number of hydrogen-bond acceptors (Lipinski definition) is 6. The first-order valence-corrected chi connectivity index (χ1v) is 10.9. The van der Waals surface area contributed by atoms with Crippen LogP contribution in [0.1, 0.15) is 18.1 Å². The molecule has 1 aliphatic rings. The van der Waals surface area contributed by atoms with Gasteiger partial charge in [0.05, 0.1) is 11.4 Å². The second-order valence-corrected chi connectivity index (χ2v) is 8.04. The van der Waals surface area contributed by atoms with Crippen LogP contribution >= 0.6 is 11.3 Å².